The van der Waals surface area contributed by atoms with Crippen molar-refractivity contribution in [2.75, 3.05) is 0 Å². The minimum absolute atomic E-state index is 0. The van der Waals surface area contributed by atoms with E-state index in [1.165, 1.54) is 0 Å². The summed E-state index contributed by atoms with van der Waals surface area (Å²) in [6.45, 7) is 0. The molecule has 0 nitrogen and oxygen atoms in total. The second kappa shape index (κ2) is 29.3. The van der Waals surface area contributed by atoms with Crippen LogP contribution in [0.1, 0.15) is 6.42 Å². The Kier molecular flexibility index (Phi) is 71.3. The normalized spacial score (nSPS) is 8.50. The van der Waals surface area contributed by atoms with Crippen LogP contribution in [0.25, 0.3) is 0 Å². The average molecular weight is 304 g/mol. The van der Waals surface area contributed by atoms with Crippen LogP contribution in [0.4, 0.5) is 0 Å². The Morgan fingerprint density at radius 1 is 1.17 bits per heavy atom. The topological polar surface area (TPSA) is 0 Å². The van der Waals surface area contributed by atoms with Gasteiger partial charge in [0.2, 0.25) is 0 Å². The van der Waals surface area contributed by atoms with Gasteiger partial charge in [0.25, 0.3) is 0 Å². The first kappa shape index (κ1) is 29.2. The molecule has 0 heterocycles. The van der Waals surface area contributed by atoms with E-state index in [0.717, 1.165) is 6.42 Å². The van der Waals surface area contributed by atoms with Gasteiger partial charge in [0.05, 0.1) is 0 Å². The summed E-state index contributed by atoms with van der Waals surface area (Å²) in [6, 6.07) is 0. The molecule has 0 N–H and O–H groups in total. The average Bonchev–Trinajstić information content (AvgIpc) is 2.17. The molecular weight excluding hydrogens is 296 g/mol. The fourth-order valence-electron chi connectivity index (χ4n) is 0.340. The third-order valence-electron chi connectivity index (χ3n) is 0.586. The number of hydrogen-bond acceptors (Lipinski definition) is 0. The fourth-order valence-corrected chi connectivity index (χ4v) is 0.340. The van der Waals surface area contributed by atoms with Gasteiger partial charge in [-0.25, -0.2) is 12.2 Å². The minimum atomic E-state index is -0.556. The summed E-state index contributed by atoms with van der Waals surface area (Å²) in [7, 11) is 9.78. The van der Waals surface area contributed by atoms with Crippen LogP contribution in [-0.4, -0.2) is 8.41 Å². The molecule has 1 rings (SSSR count). The first-order valence-electron chi connectivity index (χ1n) is 2.10. The maximum absolute atomic E-state index is 4.89. The third kappa shape index (κ3) is 29.8. The Bertz CT molecular complexity index is 87.8. The van der Waals surface area contributed by atoms with Gasteiger partial charge in [-0.2, -0.15) is 6.08 Å². The van der Waals surface area contributed by atoms with E-state index in [1.807, 2.05) is 12.2 Å². The van der Waals surface area contributed by atoms with Gasteiger partial charge >= 0.3 is 35.6 Å². The van der Waals surface area contributed by atoms with Crippen molar-refractivity contribution >= 4 is 64.2 Å². The van der Waals surface area contributed by atoms with Crippen LogP contribution in [-0.2, 0) is 17.0 Å². The van der Waals surface area contributed by atoms with E-state index in [2.05, 4.69) is 12.2 Å². The van der Waals surface area contributed by atoms with Crippen LogP contribution in [0.15, 0.2) is 18.2 Å². The van der Waals surface area contributed by atoms with E-state index in [-0.39, 0.29) is 45.6 Å². The van der Waals surface area contributed by atoms with E-state index in [0.29, 0.717) is 0 Å². The van der Waals surface area contributed by atoms with Gasteiger partial charge in [-0.15, -0.1) is 43.6 Å². The molecule has 1 aliphatic carbocycles. The summed E-state index contributed by atoms with van der Waals surface area (Å²) in [5.41, 5.74) is 0. The maximum atomic E-state index is 4.89. The molecule has 3 radical (unpaired) electrons. The van der Waals surface area contributed by atoms with Gasteiger partial charge in [0.1, 0.15) is 0 Å². The molecule has 0 spiro atoms. The van der Waals surface area contributed by atoms with Crippen molar-refractivity contribution in [3.63, 3.8) is 0 Å². The van der Waals surface area contributed by atoms with Crippen molar-refractivity contribution in [3.05, 3.63) is 24.3 Å². The number of rotatable bonds is 0. The summed E-state index contributed by atoms with van der Waals surface area (Å²) in [5.74, 6) is 0. The zero-order valence-electron chi connectivity index (χ0n) is 6.00. The molecule has 0 atom stereocenters. The second-order valence-corrected chi connectivity index (χ2v) is 3.65. The van der Waals surface area contributed by atoms with Crippen LogP contribution >= 0.6 is 55.8 Å². The molecule has 7 heteroatoms. The molecule has 0 amide bonds. The monoisotopic (exact) mass is 302 g/mol. The van der Waals surface area contributed by atoms with E-state index in [1.54, 1.807) is 0 Å². The summed E-state index contributed by atoms with van der Waals surface area (Å²) < 4.78 is 0. The van der Waals surface area contributed by atoms with E-state index in [9.17, 15) is 0 Å². The van der Waals surface area contributed by atoms with Gasteiger partial charge in [0, 0.05) is 8.41 Å². The molecule has 0 saturated heterocycles. The predicted molar refractivity (Wildman–Crippen MR) is 60.8 cm³/mol. The third-order valence-corrected chi connectivity index (χ3v) is 0.586. The molecule has 0 fully saturated rings. The fraction of sp³-hybridized carbons (Fsp3) is 0.200. The van der Waals surface area contributed by atoms with Crippen molar-refractivity contribution in [3.8, 4) is 0 Å². The second-order valence-electron chi connectivity index (χ2n) is 1.07. The Hall–Kier alpha value is 1.71. The van der Waals surface area contributed by atoms with Crippen molar-refractivity contribution in [2.24, 2.45) is 0 Å². The Balaban J connectivity index is -0.0000000219. The van der Waals surface area contributed by atoms with Crippen LogP contribution in [0, 0.1) is 6.08 Å². The summed E-state index contributed by atoms with van der Waals surface area (Å²) >= 11 is -0.556. The van der Waals surface area contributed by atoms with Crippen molar-refractivity contribution < 1.29 is 17.0 Å². The van der Waals surface area contributed by atoms with Gasteiger partial charge in [0.15, 0.2) is 0 Å². The molecule has 0 aliphatic heterocycles. The van der Waals surface area contributed by atoms with Crippen LogP contribution in [0.3, 0.4) is 0 Å². The van der Waals surface area contributed by atoms with Gasteiger partial charge < -0.3 is 0 Å². The Morgan fingerprint density at radius 3 is 1.67 bits per heavy atom. The van der Waals surface area contributed by atoms with Crippen LogP contribution in [0.5, 0.6) is 0 Å². The molecule has 0 aromatic rings. The summed E-state index contributed by atoms with van der Waals surface area (Å²) in [4.78, 5) is 0. The molecule has 0 saturated carbocycles. The van der Waals surface area contributed by atoms with Crippen molar-refractivity contribution in [2.45, 2.75) is 6.42 Å². The van der Waals surface area contributed by atoms with Crippen LogP contribution < -0.4 is 0 Å². The molecule has 0 bridgehead atoms. The quantitative estimate of drug-likeness (QED) is 0.474. The Morgan fingerprint density at radius 2 is 1.58 bits per heavy atom. The molecule has 0 unspecified atom stereocenters. The van der Waals surface area contributed by atoms with E-state index >= 15 is 0 Å². The first-order valence-corrected chi connectivity index (χ1v) is 6.39. The summed E-state index contributed by atoms with van der Waals surface area (Å²) in [5, 5.41) is 0. The first-order chi connectivity index (χ1) is 3.91. The molecule has 0 aromatic heterocycles. The van der Waals surface area contributed by atoms with E-state index < -0.39 is 17.0 Å². The molecule has 71 valence electrons. The molecule has 1 aliphatic rings. The van der Waals surface area contributed by atoms with Gasteiger partial charge in [-0.1, -0.05) is 0 Å². The number of hydrogen-bond donors (Lipinski definition) is 0. The number of allylic oxidation sites excluding steroid dienone is 4. The predicted octanol–water partition coefficient (Wildman–Crippen LogP) is 3.57. The van der Waals surface area contributed by atoms with E-state index in [4.69, 9.17) is 18.6 Å². The van der Waals surface area contributed by atoms with Gasteiger partial charge in [-0.05, 0) is 0 Å². The zero-order valence-corrected chi connectivity index (χ0v) is 11.5. The van der Waals surface area contributed by atoms with Gasteiger partial charge in [-0.3, -0.25) is 6.08 Å². The van der Waals surface area contributed by atoms with Crippen molar-refractivity contribution in [1.29, 1.82) is 0 Å². The standard InChI is InChI=1S/C5H5.B.5ClH.Ti/c1-2-4-5-3-1;;;;;;;/h1-3H,4H2;;5*1H;/q-1;;;;;;;+2/p-2. The van der Waals surface area contributed by atoms with Crippen molar-refractivity contribution in [1.82, 2.24) is 0 Å². The van der Waals surface area contributed by atoms with Crippen LogP contribution in [0.2, 0.25) is 0 Å². The number of halogens is 5. The molecule has 0 aromatic carbocycles. The Labute approximate surface area is 111 Å². The molecule has 12 heavy (non-hydrogen) atoms. The SMILES string of the molecule is Cl.Cl.Cl.[B].[C-]1=CC=CC1.[Cl][Ti][Cl]. The molecular formula is C5H8BCl5Ti-. The zero-order chi connectivity index (χ0) is 6.24. The summed E-state index contributed by atoms with van der Waals surface area (Å²) in [6.07, 6.45) is 10.0.